The molecule has 160 valence electrons. The Morgan fingerprint density at radius 1 is 0.606 bits per heavy atom. The number of benzene rings is 5. The van der Waals surface area contributed by atoms with E-state index in [2.05, 4.69) is 102 Å². The molecule has 0 saturated carbocycles. The molecule has 0 N–H and O–H groups in total. The number of aryl methyl sites for hydroxylation is 1. The lowest BCUT2D eigenvalue weighted by Crippen LogP contribution is -2.21. The van der Waals surface area contributed by atoms with Crippen LogP contribution >= 0.6 is 8.16 Å². The Bertz CT molecular complexity index is 1620. The minimum absolute atomic E-state index is 0.887. The van der Waals surface area contributed by atoms with Gasteiger partial charge in [-0.15, -0.1) is 0 Å². The normalized spacial score (nSPS) is 13.6. The third-order valence-corrected chi connectivity index (χ3v) is 8.18. The first-order valence-electron chi connectivity index (χ1n) is 11.4. The van der Waals surface area contributed by atoms with Crippen molar-refractivity contribution < 1.29 is 8.39 Å². The van der Waals surface area contributed by atoms with Crippen molar-refractivity contribution in [3.05, 3.63) is 103 Å². The summed E-state index contributed by atoms with van der Waals surface area (Å²) in [5.41, 5.74) is 4.36. The van der Waals surface area contributed by atoms with Gasteiger partial charge in [-0.05, 0) is 58.1 Å². The van der Waals surface area contributed by atoms with Crippen molar-refractivity contribution in [2.24, 2.45) is 0 Å². The highest BCUT2D eigenvalue weighted by Gasteiger charge is 2.22. The van der Waals surface area contributed by atoms with Gasteiger partial charge < -0.3 is 8.39 Å². The van der Waals surface area contributed by atoms with Gasteiger partial charge in [0.2, 0.25) is 0 Å². The van der Waals surface area contributed by atoms with Gasteiger partial charge in [-0.2, -0.15) is 0 Å². The van der Waals surface area contributed by atoms with E-state index >= 15 is 0 Å². The summed E-state index contributed by atoms with van der Waals surface area (Å²) in [7, 11) is -1.35. The van der Waals surface area contributed by atoms with Crippen LogP contribution in [-0.4, -0.2) is 6.54 Å². The van der Waals surface area contributed by atoms with Crippen LogP contribution in [0, 0.1) is 0 Å². The fourth-order valence-corrected chi connectivity index (χ4v) is 6.69. The van der Waals surface area contributed by atoms with Gasteiger partial charge in [0.05, 0.1) is 5.69 Å². The van der Waals surface area contributed by atoms with E-state index in [9.17, 15) is 0 Å². The number of hydrogen-bond donors (Lipinski definition) is 0. The molecule has 4 heteroatoms. The Kier molecular flexibility index (Phi) is 4.25. The maximum absolute atomic E-state index is 6.76. The van der Waals surface area contributed by atoms with Gasteiger partial charge in [0, 0.05) is 17.3 Å². The molecule has 0 bridgehead atoms. The quantitative estimate of drug-likeness (QED) is 0.252. The summed E-state index contributed by atoms with van der Waals surface area (Å²) in [5, 5.41) is 7.02. The second kappa shape index (κ2) is 7.43. The maximum Gasteiger partial charge on any atom is 0.341 e. The number of rotatable bonds is 1. The zero-order valence-electron chi connectivity index (χ0n) is 18.1. The first kappa shape index (κ1) is 18.8. The van der Waals surface area contributed by atoms with Crippen molar-refractivity contribution in [2.75, 3.05) is 11.2 Å². The summed E-state index contributed by atoms with van der Waals surface area (Å²) in [6.07, 6.45) is 2.19. The molecule has 0 unspecified atom stereocenters. The van der Waals surface area contributed by atoms with E-state index < -0.39 is 8.16 Å². The number of fused-ring (bicyclic) bond motifs is 8. The molecule has 33 heavy (non-hydrogen) atoms. The van der Waals surface area contributed by atoms with Crippen LogP contribution < -0.4 is 4.67 Å². The van der Waals surface area contributed by atoms with Gasteiger partial charge in [-0.25, -0.2) is 0 Å². The number of nitrogens with zero attached hydrogens (tertiary/aromatic N) is 1. The summed E-state index contributed by atoms with van der Waals surface area (Å²) in [4.78, 5) is 0. The van der Waals surface area contributed by atoms with E-state index in [0.717, 1.165) is 41.3 Å². The maximum atomic E-state index is 6.76. The lowest BCUT2D eigenvalue weighted by Gasteiger charge is -2.27. The summed E-state index contributed by atoms with van der Waals surface area (Å²) in [5.74, 6) is 0. The Balaban J connectivity index is 1.67. The van der Waals surface area contributed by atoms with Crippen molar-refractivity contribution in [3.63, 3.8) is 0 Å². The van der Waals surface area contributed by atoms with Crippen molar-refractivity contribution in [3.8, 4) is 0 Å². The monoisotopic (exact) mass is 447 g/mol. The van der Waals surface area contributed by atoms with Gasteiger partial charge in [-0.3, -0.25) is 4.67 Å². The third-order valence-electron chi connectivity index (χ3n) is 6.67. The summed E-state index contributed by atoms with van der Waals surface area (Å²) >= 11 is 0. The fourth-order valence-electron chi connectivity index (χ4n) is 5.14. The van der Waals surface area contributed by atoms with E-state index in [-0.39, 0.29) is 0 Å². The predicted octanol–water partition coefficient (Wildman–Crippen LogP) is 8.81. The Morgan fingerprint density at radius 2 is 1.18 bits per heavy atom. The molecule has 0 radical (unpaired) electrons. The lowest BCUT2D eigenvalue weighted by atomic mass is 9.99. The molecular formula is C29H22NO2P. The van der Waals surface area contributed by atoms with Crippen molar-refractivity contribution in [2.45, 2.75) is 12.8 Å². The van der Waals surface area contributed by atoms with Crippen LogP contribution in [-0.2, 0) is 6.42 Å². The first-order valence-corrected chi connectivity index (χ1v) is 12.6. The molecule has 0 fully saturated rings. The average molecular weight is 447 g/mol. The first-order chi connectivity index (χ1) is 16.4. The smallest absolute Gasteiger partial charge is 0.341 e. The predicted molar refractivity (Wildman–Crippen MR) is 139 cm³/mol. The van der Waals surface area contributed by atoms with Crippen molar-refractivity contribution in [1.29, 1.82) is 0 Å². The summed E-state index contributed by atoms with van der Waals surface area (Å²) in [6, 6.07) is 34.2. The van der Waals surface area contributed by atoms with E-state index in [4.69, 9.17) is 8.39 Å². The van der Waals surface area contributed by atoms with Crippen LogP contribution in [0.5, 0.6) is 0 Å². The number of para-hydroxylation sites is 1. The summed E-state index contributed by atoms with van der Waals surface area (Å²) < 4.78 is 15.9. The minimum atomic E-state index is -1.35. The molecule has 0 aliphatic carbocycles. The largest absolute Gasteiger partial charge is 0.404 e. The molecule has 2 heterocycles. The van der Waals surface area contributed by atoms with Gasteiger partial charge in [0.15, 0.2) is 0 Å². The molecule has 0 saturated heterocycles. The molecule has 5 aromatic carbocycles. The highest BCUT2D eigenvalue weighted by molar-refractivity contribution is 7.39. The van der Waals surface area contributed by atoms with Crippen LogP contribution in [0.1, 0.15) is 12.0 Å². The Morgan fingerprint density at radius 3 is 1.85 bits per heavy atom. The Hall–Kier alpha value is -3.68. The van der Waals surface area contributed by atoms with Gasteiger partial charge in [-0.1, -0.05) is 78.9 Å². The van der Waals surface area contributed by atoms with Crippen LogP contribution in [0.2, 0.25) is 0 Å². The van der Waals surface area contributed by atoms with Crippen molar-refractivity contribution in [1.82, 2.24) is 0 Å². The molecular weight excluding hydrogens is 425 g/mol. The highest BCUT2D eigenvalue weighted by Crippen LogP contribution is 2.46. The molecule has 0 atom stereocenters. The van der Waals surface area contributed by atoms with Crippen LogP contribution in [0.15, 0.2) is 105 Å². The standard InChI is InChI=1S/C29H22NO2P/c1-4-12-23-20(8-1)15-17-26-28(23)29-24-13-5-2-9-21(24)16-18-27(29)32-33(31-26)30-19-7-11-22-10-3-6-14-25(22)30/h1-6,8-10,12-18H,7,11,19H2. The van der Waals surface area contributed by atoms with Gasteiger partial charge >= 0.3 is 8.16 Å². The number of hydrogen-bond acceptors (Lipinski definition) is 3. The molecule has 3 nitrogen and oxygen atoms in total. The zero-order chi connectivity index (χ0) is 21.8. The second-order valence-corrected chi connectivity index (χ2v) is 9.92. The summed E-state index contributed by atoms with van der Waals surface area (Å²) in [6.45, 7) is 0.925. The molecule has 0 spiro atoms. The van der Waals surface area contributed by atoms with Crippen molar-refractivity contribution >= 4 is 57.3 Å². The zero-order valence-corrected chi connectivity index (χ0v) is 19.0. The van der Waals surface area contributed by atoms with E-state index in [0.29, 0.717) is 0 Å². The average Bonchev–Trinajstić information content (AvgIpc) is 3.05. The lowest BCUT2D eigenvalue weighted by molar-refractivity contribution is 0.625. The topological polar surface area (TPSA) is 29.5 Å². The molecule has 1 aliphatic rings. The second-order valence-electron chi connectivity index (χ2n) is 8.60. The van der Waals surface area contributed by atoms with E-state index in [1.165, 1.54) is 32.8 Å². The molecule has 1 aliphatic heterocycles. The number of anilines is 1. The fraction of sp³-hybridized carbons (Fsp3) is 0.103. The van der Waals surface area contributed by atoms with Crippen LogP contribution in [0.4, 0.5) is 5.69 Å². The van der Waals surface area contributed by atoms with Gasteiger partial charge in [0.25, 0.3) is 0 Å². The highest BCUT2D eigenvalue weighted by atomic mass is 31.1. The van der Waals surface area contributed by atoms with E-state index in [1.54, 1.807) is 0 Å². The van der Waals surface area contributed by atoms with Crippen LogP contribution in [0.25, 0.3) is 43.5 Å². The molecule has 7 rings (SSSR count). The van der Waals surface area contributed by atoms with Gasteiger partial charge in [0.1, 0.15) is 11.2 Å². The Labute approximate surface area is 192 Å². The van der Waals surface area contributed by atoms with Crippen LogP contribution in [0.3, 0.4) is 0 Å². The third kappa shape index (κ3) is 2.97. The molecule has 6 aromatic rings. The molecule has 0 amide bonds. The van der Waals surface area contributed by atoms with E-state index in [1.807, 2.05) is 0 Å². The SMILES string of the molecule is c1ccc2c(c1)CCCN2p1oc2ccc3ccccc3c2c2c(ccc3ccccc32)o1. The minimum Gasteiger partial charge on any atom is -0.404 e. The molecule has 1 aromatic heterocycles.